The maximum absolute atomic E-state index is 12.4. The largest absolute Gasteiger partial charge is 0.297 e. The van der Waals surface area contributed by atoms with Crippen LogP contribution in [0.1, 0.15) is 11.3 Å². The molecule has 5 nitrogen and oxygen atoms in total. The van der Waals surface area contributed by atoms with Crippen molar-refractivity contribution in [3.63, 3.8) is 0 Å². The average molecular weight is 327 g/mol. The highest BCUT2D eigenvalue weighted by Crippen LogP contribution is 2.20. The van der Waals surface area contributed by atoms with Gasteiger partial charge in [-0.15, -0.1) is 5.11 Å². The summed E-state index contributed by atoms with van der Waals surface area (Å²) in [5.74, 6) is 0. The van der Waals surface area contributed by atoms with Crippen LogP contribution < -0.4 is 5.56 Å². The van der Waals surface area contributed by atoms with Gasteiger partial charge in [-0.2, -0.15) is 5.11 Å². The molecular formula is C17H15ClN4O. The lowest BCUT2D eigenvalue weighted by Crippen LogP contribution is -2.17. The zero-order valence-electron chi connectivity index (χ0n) is 12.5. The van der Waals surface area contributed by atoms with Gasteiger partial charge in [-0.05, 0) is 36.8 Å². The lowest BCUT2D eigenvalue weighted by Gasteiger charge is -2.00. The highest BCUT2D eigenvalue weighted by molar-refractivity contribution is 6.30. The minimum Gasteiger partial charge on any atom is -0.297 e. The zero-order chi connectivity index (χ0) is 16.2. The Labute approximate surface area is 138 Å². The molecule has 0 unspecified atom stereocenters. The van der Waals surface area contributed by atoms with E-state index in [1.807, 2.05) is 30.3 Å². The van der Waals surface area contributed by atoms with Gasteiger partial charge in [0.2, 0.25) is 0 Å². The molecule has 23 heavy (non-hydrogen) atoms. The monoisotopic (exact) mass is 326 g/mol. The van der Waals surface area contributed by atoms with Crippen molar-refractivity contribution in [2.75, 3.05) is 0 Å². The lowest BCUT2D eigenvalue weighted by atomic mass is 10.2. The van der Waals surface area contributed by atoms with Crippen molar-refractivity contribution in [3.8, 4) is 0 Å². The number of hydrogen-bond acceptors (Lipinski definition) is 3. The number of halogens is 1. The molecule has 0 atom stereocenters. The average Bonchev–Trinajstić information content (AvgIpc) is 2.82. The van der Waals surface area contributed by atoms with Crippen LogP contribution in [0.3, 0.4) is 0 Å². The minimum absolute atomic E-state index is 0.191. The summed E-state index contributed by atoms with van der Waals surface area (Å²) >= 11 is 5.83. The van der Waals surface area contributed by atoms with Gasteiger partial charge in [-0.25, -0.2) is 4.68 Å². The van der Waals surface area contributed by atoms with Crippen LogP contribution in [0.2, 0.25) is 5.02 Å². The van der Waals surface area contributed by atoms with Gasteiger partial charge >= 0.3 is 0 Å². The van der Waals surface area contributed by atoms with E-state index >= 15 is 0 Å². The summed E-state index contributed by atoms with van der Waals surface area (Å²) in [6.45, 7) is 2.27. The summed E-state index contributed by atoms with van der Waals surface area (Å²) in [6.07, 6.45) is 0. The molecule has 0 radical (unpaired) electrons. The molecule has 0 saturated carbocycles. The van der Waals surface area contributed by atoms with E-state index in [4.69, 9.17) is 11.6 Å². The molecule has 116 valence electrons. The van der Waals surface area contributed by atoms with Crippen molar-refractivity contribution in [2.24, 2.45) is 10.2 Å². The second-order valence-electron chi connectivity index (χ2n) is 5.14. The van der Waals surface area contributed by atoms with Gasteiger partial charge < -0.3 is 0 Å². The van der Waals surface area contributed by atoms with Gasteiger partial charge in [-0.3, -0.25) is 9.89 Å². The molecule has 0 aliphatic heterocycles. The molecule has 0 aliphatic rings. The number of azo groups is 1. The van der Waals surface area contributed by atoms with Crippen molar-refractivity contribution in [1.82, 2.24) is 9.78 Å². The van der Waals surface area contributed by atoms with Crippen molar-refractivity contribution in [1.29, 1.82) is 0 Å². The maximum Gasteiger partial charge on any atom is 0.294 e. The molecular weight excluding hydrogens is 312 g/mol. The third-order valence-corrected chi connectivity index (χ3v) is 3.63. The molecule has 0 saturated heterocycles. The number of hydrogen-bond donors (Lipinski definition) is 1. The minimum atomic E-state index is -0.191. The number of H-pyrrole nitrogens is 1. The Morgan fingerprint density at radius 2 is 1.74 bits per heavy atom. The van der Waals surface area contributed by atoms with Crippen LogP contribution in [0, 0.1) is 6.92 Å². The first kappa shape index (κ1) is 15.2. The van der Waals surface area contributed by atoms with Crippen LogP contribution in [0.25, 0.3) is 0 Å². The van der Waals surface area contributed by atoms with Crippen molar-refractivity contribution in [3.05, 3.63) is 81.2 Å². The van der Waals surface area contributed by atoms with E-state index in [0.717, 1.165) is 5.56 Å². The Kier molecular flexibility index (Phi) is 4.39. The van der Waals surface area contributed by atoms with E-state index < -0.39 is 0 Å². The van der Waals surface area contributed by atoms with Crippen LogP contribution in [0.15, 0.2) is 69.6 Å². The van der Waals surface area contributed by atoms with Crippen LogP contribution in [-0.4, -0.2) is 9.78 Å². The van der Waals surface area contributed by atoms with E-state index in [1.54, 1.807) is 31.2 Å². The summed E-state index contributed by atoms with van der Waals surface area (Å²) in [6, 6.07) is 16.7. The molecule has 0 fully saturated rings. The van der Waals surface area contributed by atoms with E-state index in [-0.39, 0.29) is 5.56 Å². The number of aromatic amines is 1. The molecule has 3 rings (SSSR count). The summed E-state index contributed by atoms with van der Waals surface area (Å²) in [5.41, 5.74) is 2.49. The first-order valence-electron chi connectivity index (χ1n) is 7.14. The van der Waals surface area contributed by atoms with Crippen LogP contribution in [0.5, 0.6) is 0 Å². The van der Waals surface area contributed by atoms with E-state index in [0.29, 0.717) is 28.6 Å². The van der Waals surface area contributed by atoms with E-state index in [9.17, 15) is 4.79 Å². The number of aryl methyl sites for hydroxylation is 1. The standard InChI is InChI=1S/C17H15ClN4O/c1-12-16(20-19-15-9-7-14(18)8-10-15)17(23)22(21-12)11-13-5-3-2-4-6-13/h2-10,21H,11H2,1H3. The molecule has 1 N–H and O–H groups in total. The van der Waals surface area contributed by atoms with Gasteiger partial charge in [0, 0.05) is 5.02 Å². The van der Waals surface area contributed by atoms with Crippen molar-refractivity contribution < 1.29 is 0 Å². The van der Waals surface area contributed by atoms with Crippen LogP contribution in [0.4, 0.5) is 11.4 Å². The summed E-state index contributed by atoms with van der Waals surface area (Å²) in [7, 11) is 0. The summed E-state index contributed by atoms with van der Waals surface area (Å²) in [5, 5.41) is 11.8. The molecule has 0 bridgehead atoms. The third kappa shape index (κ3) is 3.57. The number of nitrogens with one attached hydrogen (secondary N) is 1. The zero-order valence-corrected chi connectivity index (χ0v) is 13.3. The Morgan fingerprint density at radius 1 is 1.04 bits per heavy atom. The molecule has 0 aliphatic carbocycles. The lowest BCUT2D eigenvalue weighted by molar-refractivity contribution is 0.658. The van der Waals surface area contributed by atoms with Gasteiger partial charge in [0.1, 0.15) is 0 Å². The highest BCUT2D eigenvalue weighted by atomic mass is 35.5. The molecule has 6 heteroatoms. The van der Waals surface area contributed by atoms with Gasteiger partial charge in [0.15, 0.2) is 5.69 Å². The quantitative estimate of drug-likeness (QED) is 0.699. The molecule has 3 aromatic rings. The predicted octanol–water partition coefficient (Wildman–Crippen LogP) is 4.60. The summed E-state index contributed by atoms with van der Waals surface area (Å²) < 4.78 is 1.53. The number of aromatic nitrogens is 2. The molecule has 0 spiro atoms. The fourth-order valence-electron chi connectivity index (χ4n) is 2.20. The predicted molar refractivity (Wildman–Crippen MR) is 91.0 cm³/mol. The second kappa shape index (κ2) is 6.62. The Hall–Kier alpha value is -2.66. The normalized spacial score (nSPS) is 11.2. The van der Waals surface area contributed by atoms with Crippen LogP contribution in [-0.2, 0) is 6.54 Å². The van der Waals surface area contributed by atoms with Crippen molar-refractivity contribution in [2.45, 2.75) is 13.5 Å². The Balaban J connectivity index is 1.86. The van der Waals surface area contributed by atoms with Crippen LogP contribution >= 0.6 is 11.6 Å². The Morgan fingerprint density at radius 3 is 2.43 bits per heavy atom. The molecule has 1 aromatic heterocycles. The smallest absolute Gasteiger partial charge is 0.294 e. The number of benzene rings is 2. The van der Waals surface area contributed by atoms with Gasteiger partial charge in [-0.1, -0.05) is 41.9 Å². The number of nitrogens with zero attached hydrogens (tertiary/aromatic N) is 3. The SMILES string of the molecule is Cc1[nH]n(Cc2ccccc2)c(=O)c1N=Nc1ccc(Cl)cc1. The van der Waals surface area contributed by atoms with E-state index in [2.05, 4.69) is 15.3 Å². The second-order valence-corrected chi connectivity index (χ2v) is 5.58. The third-order valence-electron chi connectivity index (χ3n) is 3.38. The van der Waals surface area contributed by atoms with E-state index in [1.165, 1.54) is 4.68 Å². The number of rotatable bonds is 4. The fraction of sp³-hybridized carbons (Fsp3) is 0.118. The molecule has 0 amide bonds. The first-order valence-corrected chi connectivity index (χ1v) is 7.52. The summed E-state index contributed by atoms with van der Waals surface area (Å²) in [4.78, 5) is 12.4. The first-order chi connectivity index (χ1) is 11.1. The maximum atomic E-state index is 12.4. The van der Waals surface area contributed by atoms with Gasteiger partial charge in [0.25, 0.3) is 5.56 Å². The molecule has 1 heterocycles. The fourth-order valence-corrected chi connectivity index (χ4v) is 2.33. The topological polar surface area (TPSA) is 62.5 Å². The highest BCUT2D eigenvalue weighted by Gasteiger charge is 2.10. The van der Waals surface area contributed by atoms with Gasteiger partial charge in [0.05, 0.1) is 17.9 Å². The Bertz CT molecular complexity index is 879. The molecule has 2 aromatic carbocycles. The van der Waals surface area contributed by atoms with Crippen molar-refractivity contribution >= 4 is 23.0 Å².